The van der Waals surface area contributed by atoms with Gasteiger partial charge in [0.05, 0.1) is 0 Å². The Morgan fingerprint density at radius 2 is 1.76 bits per heavy atom. The largest absolute Gasteiger partial charge is 0.351 e. The van der Waals surface area contributed by atoms with Crippen molar-refractivity contribution in [2.75, 3.05) is 36.8 Å². The Labute approximate surface area is 217 Å². The van der Waals surface area contributed by atoms with Gasteiger partial charge in [-0.25, -0.2) is 4.98 Å². The fraction of sp³-hybridized carbons (Fsp3) is 0.357. The van der Waals surface area contributed by atoms with Crippen LogP contribution in [0, 0.1) is 6.92 Å². The molecule has 4 N–H and O–H groups in total. The highest BCUT2D eigenvalue weighted by Gasteiger charge is 2.25. The molecule has 2 aromatic heterocycles. The van der Waals surface area contributed by atoms with E-state index in [0.29, 0.717) is 29.8 Å². The molecule has 0 radical (unpaired) electrons. The predicted octanol–water partition coefficient (Wildman–Crippen LogP) is 5.10. The first-order chi connectivity index (χ1) is 18.0. The minimum Gasteiger partial charge on any atom is -0.351 e. The fourth-order valence-electron chi connectivity index (χ4n) is 4.39. The lowest BCUT2D eigenvalue weighted by atomic mass is 10.1. The number of hydrogen-bond donors (Lipinski definition) is 4. The first-order valence-electron chi connectivity index (χ1n) is 13.0. The van der Waals surface area contributed by atoms with Gasteiger partial charge in [0.25, 0.3) is 5.91 Å². The number of H-pyrrole nitrogens is 1. The summed E-state index contributed by atoms with van der Waals surface area (Å²) in [7, 11) is 0. The summed E-state index contributed by atoms with van der Waals surface area (Å²) in [5.41, 5.74) is 3.54. The number of fused-ring (bicyclic) bond motifs is 1. The van der Waals surface area contributed by atoms with Crippen LogP contribution in [-0.4, -0.2) is 57.2 Å². The van der Waals surface area contributed by atoms with Gasteiger partial charge in [0.15, 0.2) is 5.82 Å². The third-order valence-corrected chi connectivity index (χ3v) is 6.69. The summed E-state index contributed by atoms with van der Waals surface area (Å²) in [6.45, 7) is 9.64. The highest BCUT2D eigenvalue weighted by atomic mass is 16.1. The Morgan fingerprint density at radius 3 is 2.54 bits per heavy atom. The van der Waals surface area contributed by atoms with Gasteiger partial charge in [-0.3, -0.25) is 9.89 Å². The molecule has 0 atom stereocenters. The molecule has 192 valence electrons. The van der Waals surface area contributed by atoms with Gasteiger partial charge in [0.1, 0.15) is 5.82 Å². The number of hydrogen-bond acceptors (Lipinski definition) is 7. The van der Waals surface area contributed by atoms with Crippen LogP contribution < -0.4 is 16.0 Å². The van der Waals surface area contributed by atoms with Crippen molar-refractivity contribution in [2.45, 2.75) is 39.5 Å². The Hall–Kier alpha value is -3.98. The number of benzene rings is 2. The van der Waals surface area contributed by atoms with E-state index in [9.17, 15) is 4.79 Å². The van der Waals surface area contributed by atoms with Crippen LogP contribution in [0.5, 0.6) is 0 Å². The average molecular weight is 499 g/mol. The van der Waals surface area contributed by atoms with Crippen LogP contribution in [0.25, 0.3) is 10.8 Å². The number of aryl methyl sites for hydroxylation is 1. The van der Waals surface area contributed by atoms with Crippen molar-refractivity contribution in [3.05, 3.63) is 65.5 Å². The van der Waals surface area contributed by atoms with E-state index in [0.717, 1.165) is 47.6 Å². The first kappa shape index (κ1) is 24.7. The quantitative estimate of drug-likeness (QED) is 0.228. The predicted molar refractivity (Wildman–Crippen MR) is 148 cm³/mol. The van der Waals surface area contributed by atoms with Crippen LogP contribution in [0.3, 0.4) is 0 Å². The normalized spacial score (nSPS) is 13.2. The molecule has 0 spiro atoms. The van der Waals surface area contributed by atoms with Gasteiger partial charge in [0.2, 0.25) is 5.95 Å². The zero-order valence-corrected chi connectivity index (χ0v) is 21.6. The lowest BCUT2D eigenvalue weighted by Crippen LogP contribution is -2.34. The second kappa shape index (κ2) is 11.0. The van der Waals surface area contributed by atoms with E-state index in [2.05, 4.69) is 54.9 Å². The van der Waals surface area contributed by atoms with E-state index in [1.165, 1.54) is 18.5 Å². The maximum absolute atomic E-state index is 12.6. The lowest BCUT2D eigenvalue weighted by molar-refractivity contribution is 0.0949. The van der Waals surface area contributed by atoms with Crippen LogP contribution >= 0.6 is 0 Å². The molecule has 9 nitrogen and oxygen atoms in total. The average Bonchev–Trinajstić information content (AvgIpc) is 3.64. The third kappa shape index (κ3) is 6.24. The molecule has 0 unspecified atom stereocenters. The second-order valence-corrected chi connectivity index (χ2v) is 9.51. The van der Waals surface area contributed by atoms with Crippen LogP contribution in [0.15, 0.2) is 48.5 Å². The van der Waals surface area contributed by atoms with Gasteiger partial charge in [-0.2, -0.15) is 10.1 Å². The van der Waals surface area contributed by atoms with Gasteiger partial charge in [0, 0.05) is 53.8 Å². The summed E-state index contributed by atoms with van der Waals surface area (Å²) in [6, 6.07) is 15.7. The SMILES string of the molecule is CCN(CC)CCNC(=O)c1ccc2cc(Nc3nc(C)cc(Nc4cc(C5CC5)[nH]n4)n3)ccc2c1. The number of aromatic nitrogens is 4. The van der Waals surface area contributed by atoms with Crippen molar-refractivity contribution in [2.24, 2.45) is 0 Å². The molecular weight excluding hydrogens is 464 g/mol. The van der Waals surface area contributed by atoms with E-state index in [1.807, 2.05) is 55.5 Å². The highest BCUT2D eigenvalue weighted by molar-refractivity contribution is 5.99. The minimum atomic E-state index is -0.0504. The molecule has 1 aliphatic carbocycles. The van der Waals surface area contributed by atoms with Crippen molar-refractivity contribution < 1.29 is 4.79 Å². The molecule has 1 amide bonds. The van der Waals surface area contributed by atoms with E-state index in [1.54, 1.807) is 0 Å². The molecule has 2 aromatic carbocycles. The van der Waals surface area contributed by atoms with Crippen LogP contribution in [0.1, 0.15) is 54.4 Å². The number of aromatic amines is 1. The molecule has 2 heterocycles. The van der Waals surface area contributed by atoms with E-state index in [4.69, 9.17) is 0 Å². The molecular formula is C28H34N8O. The van der Waals surface area contributed by atoms with Gasteiger partial charge >= 0.3 is 0 Å². The summed E-state index contributed by atoms with van der Waals surface area (Å²) in [5, 5.41) is 19.1. The number of rotatable bonds is 11. The van der Waals surface area contributed by atoms with Gasteiger partial charge in [-0.1, -0.05) is 26.0 Å². The molecule has 1 saturated carbocycles. The summed E-state index contributed by atoms with van der Waals surface area (Å²) in [5.74, 6) is 2.50. The van der Waals surface area contributed by atoms with Gasteiger partial charge in [-0.15, -0.1) is 0 Å². The zero-order chi connectivity index (χ0) is 25.8. The van der Waals surface area contributed by atoms with Crippen molar-refractivity contribution >= 4 is 40.0 Å². The number of likely N-dealkylation sites (N-methyl/N-ethyl adjacent to an activating group) is 1. The maximum atomic E-state index is 12.6. The first-order valence-corrected chi connectivity index (χ1v) is 13.0. The molecule has 1 aliphatic rings. The Morgan fingerprint density at radius 1 is 0.973 bits per heavy atom. The minimum absolute atomic E-state index is 0.0504. The molecule has 9 heteroatoms. The van der Waals surface area contributed by atoms with E-state index in [-0.39, 0.29) is 5.91 Å². The molecule has 37 heavy (non-hydrogen) atoms. The number of anilines is 4. The van der Waals surface area contributed by atoms with Crippen LogP contribution in [-0.2, 0) is 0 Å². The zero-order valence-electron chi connectivity index (χ0n) is 21.6. The number of carbonyl (C=O) groups excluding carboxylic acids is 1. The summed E-state index contributed by atoms with van der Waals surface area (Å²) in [4.78, 5) is 24.1. The molecule has 4 aromatic rings. The molecule has 5 rings (SSSR count). The van der Waals surface area contributed by atoms with Crippen molar-refractivity contribution in [1.82, 2.24) is 30.4 Å². The standard InChI is InChI=1S/C28H34N8O/c1-4-36(5-2)13-12-29-27(37)22-9-8-21-16-23(11-10-20(21)15-22)31-28-30-18(3)14-25(33-28)32-26-17-24(34-35-26)19-6-7-19/h8-11,14-17,19H,4-7,12-13H2,1-3H3,(H,29,37)(H3,30,31,32,33,34,35). The van der Waals surface area contributed by atoms with Crippen molar-refractivity contribution in [3.63, 3.8) is 0 Å². The second-order valence-electron chi connectivity index (χ2n) is 9.51. The molecule has 0 saturated heterocycles. The van der Waals surface area contributed by atoms with E-state index < -0.39 is 0 Å². The topological polar surface area (TPSA) is 111 Å². The Balaban J connectivity index is 1.25. The number of amides is 1. The fourth-order valence-corrected chi connectivity index (χ4v) is 4.39. The number of carbonyl (C=O) groups is 1. The van der Waals surface area contributed by atoms with E-state index >= 15 is 0 Å². The third-order valence-electron chi connectivity index (χ3n) is 6.69. The summed E-state index contributed by atoms with van der Waals surface area (Å²) < 4.78 is 0. The highest BCUT2D eigenvalue weighted by Crippen LogP contribution is 2.39. The monoisotopic (exact) mass is 498 g/mol. The summed E-state index contributed by atoms with van der Waals surface area (Å²) >= 11 is 0. The number of nitrogens with one attached hydrogen (secondary N) is 4. The van der Waals surface area contributed by atoms with Crippen LogP contribution in [0.2, 0.25) is 0 Å². The van der Waals surface area contributed by atoms with Crippen LogP contribution in [0.4, 0.5) is 23.3 Å². The Kier molecular flexibility index (Phi) is 7.32. The molecule has 1 fully saturated rings. The summed E-state index contributed by atoms with van der Waals surface area (Å²) in [6.07, 6.45) is 2.44. The van der Waals surface area contributed by atoms with Gasteiger partial charge < -0.3 is 20.9 Å². The van der Waals surface area contributed by atoms with Gasteiger partial charge in [-0.05, 0) is 67.9 Å². The molecule has 0 aliphatic heterocycles. The lowest BCUT2D eigenvalue weighted by Gasteiger charge is -2.18. The molecule has 0 bridgehead atoms. The van der Waals surface area contributed by atoms with Crippen molar-refractivity contribution in [3.8, 4) is 0 Å². The number of nitrogens with zero attached hydrogens (tertiary/aromatic N) is 4. The smallest absolute Gasteiger partial charge is 0.251 e. The van der Waals surface area contributed by atoms with Crippen molar-refractivity contribution in [1.29, 1.82) is 0 Å². The Bertz CT molecular complexity index is 1390. The maximum Gasteiger partial charge on any atom is 0.251 e.